The van der Waals surface area contributed by atoms with Gasteiger partial charge in [-0.25, -0.2) is 0 Å². The Morgan fingerprint density at radius 2 is 2.00 bits per heavy atom. The molecule has 1 aliphatic carbocycles. The number of rotatable bonds is 7. The molecule has 1 atom stereocenters. The van der Waals surface area contributed by atoms with E-state index >= 15 is 0 Å². The van der Waals surface area contributed by atoms with Crippen molar-refractivity contribution in [3.63, 3.8) is 0 Å². The van der Waals surface area contributed by atoms with Crippen LogP contribution >= 0.6 is 11.8 Å². The van der Waals surface area contributed by atoms with Gasteiger partial charge < -0.3 is 10.2 Å². The molecule has 1 saturated heterocycles. The lowest BCUT2D eigenvalue weighted by Gasteiger charge is -2.15. The van der Waals surface area contributed by atoms with Crippen LogP contribution in [0.4, 0.5) is 0 Å². The third-order valence-corrected chi connectivity index (χ3v) is 5.12. The summed E-state index contributed by atoms with van der Waals surface area (Å²) >= 11 is 1.95. The van der Waals surface area contributed by atoms with Crippen molar-refractivity contribution in [2.24, 2.45) is 5.92 Å². The maximum absolute atomic E-state index is 3.63. The molecule has 0 bridgehead atoms. The fraction of sp³-hybridized carbons (Fsp3) is 0.625. The molecule has 2 nitrogen and oxygen atoms in total. The second-order valence-electron chi connectivity index (χ2n) is 5.75. The van der Waals surface area contributed by atoms with Crippen molar-refractivity contribution in [2.45, 2.75) is 30.2 Å². The van der Waals surface area contributed by atoms with Crippen molar-refractivity contribution in [3.8, 4) is 0 Å². The van der Waals surface area contributed by atoms with Gasteiger partial charge in [0.25, 0.3) is 0 Å². The summed E-state index contributed by atoms with van der Waals surface area (Å²) in [6.45, 7) is 5.01. The molecule has 1 aliphatic heterocycles. The summed E-state index contributed by atoms with van der Waals surface area (Å²) in [5.41, 5.74) is 0. The predicted molar refractivity (Wildman–Crippen MR) is 82.7 cm³/mol. The van der Waals surface area contributed by atoms with Gasteiger partial charge in [-0.1, -0.05) is 18.2 Å². The SMILES string of the molecule is c1ccc(SCCNCC2CCN(C3CC3)C2)cc1. The topological polar surface area (TPSA) is 15.3 Å². The molecular weight excluding hydrogens is 252 g/mol. The van der Waals surface area contributed by atoms with E-state index in [0.717, 1.165) is 18.5 Å². The molecule has 3 rings (SSSR count). The molecule has 0 spiro atoms. The molecule has 1 unspecified atom stereocenters. The van der Waals surface area contributed by atoms with Crippen LogP contribution in [-0.4, -0.2) is 42.9 Å². The van der Waals surface area contributed by atoms with Gasteiger partial charge in [-0.3, -0.25) is 0 Å². The Labute approximate surface area is 121 Å². The Kier molecular flexibility index (Phi) is 4.81. The van der Waals surface area contributed by atoms with Crippen molar-refractivity contribution in [1.82, 2.24) is 10.2 Å². The van der Waals surface area contributed by atoms with E-state index in [4.69, 9.17) is 0 Å². The lowest BCUT2D eigenvalue weighted by Crippen LogP contribution is -2.28. The van der Waals surface area contributed by atoms with Crippen LogP contribution in [-0.2, 0) is 0 Å². The molecule has 19 heavy (non-hydrogen) atoms. The minimum absolute atomic E-state index is 0.891. The molecular formula is C16H24N2S. The van der Waals surface area contributed by atoms with Crippen LogP contribution in [0.25, 0.3) is 0 Å². The highest BCUT2D eigenvalue weighted by atomic mass is 32.2. The first-order chi connectivity index (χ1) is 9.42. The van der Waals surface area contributed by atoms with Crippen LogP contribution in [0.2, 0.25) is 0 Å². The summed E-state index contributed by atoms with van der Waals surface area (Å²) in [6, 6.07) is 11.6. The van der Waals surface area contributed by atoms with Gasteiger partial charge in [0.15, 0.2) is 0 Å². The highest BCUT2D eigenvalue weighted by Gasteiger charge is 2.33. The van der Waals surface area contributed by atoms with Gasteiger partial charge in [0.1, 0.15) is 0 Å². The molecule has 0 amide bonds. The number of nitrogens with zero attached hydrogens (tertiary/aromatic N) is 1. The molecule has 2 aliphatic rings. The van der Waals surface area contributed by atoms with Gasteiger partial charge in [-0.15, -0.1) is 11.8 Å². The third-order valence-electron chi connectivity index (χ3n) is 4.10. The van der Waals surface area contributed by atoms with Crippen molar-refractivity contribution >= 4 is 11.8 Å². The fourth-order valence-corrected chi connectivity index (χ4v) is 3.70. The molecule has 0 radical (unpaired) electrons. The first kappa shape index (κ1) is 13.5. The first-order valence-electron chi connectivity index (χ1n) is 7.54. The molecule has 1 heterocycles. The number of benzene rings is 1. The van der Waals surface area contributed by atoms with E-state index in [9.17, 15) is 0 Å². The molecule has 104 valence electrons. The van der Waals surface area contributed by atoms with E-state index in [2.05, 4.69) is 40.5 Å². The third kappa shape index (κ3) is 4.23. The number of hydrogen-bond donors (Lipinski definition) is 1. The normalized spacial score (nSPS) is 23.9. The summed E-state index contributed by atoms with van der Waals surface area (Å²) in [5, 5.41) is 3.63. The summed E-state index contributed by atoms with van der Waals surface area (Å²) in [6.07, 6.45) is 4.30. The lowest BCUT2D eigenvalue weighted by molar-refractivity contribution is 0.312. The van der Waals surface area contributed by atoms with Crippen molar-refractivity contribution in [1.29, 1.82) is 0 Å². The Morgan fingerprint density at radius 1 is 1.16 bits per heavy atom. The summed E-state index contributed by atoms with van der Waals surface area (Å²) in [4.78, 5) is 4.08. The van der Waals surface area contributed by atoms with Gasteiger partial charge in [0, 0.05) is 29.8 Å². The maximum Gasteiger partial charge on any atom is 0.0106 e. The molecule has 1 N–H and O–H groups in total. The minimum Gasteiger partial charge on any atom is -0.316 e. The molecule has 1 aromatic rings. The smallest absolute Gasteiger partial charge is 0.0106 e. The van der Waals surface area contributed by atoms with Gasteiger partial charge >= 0.3 is 0 Å². The van der Waals surface area contributed by atoms with Gasteiger partial charge in [0.2, 0.25) is 0 Å². The Balaban J connectivity index is 1.25. The summed E-state index contributed by atoms with van der Waals surface area (Å²) in [5.74, 6) is 2.06. The van der Waals surface area contributed by atoms with Gasteiger partial charge in [-0.05, 0) is 50.4 Å². The van der Waals surface area contributed by atoms with Crippen LogP contribution in [0.3, 0.4) is 0 Å². The molecule has 3 heteroatoms. The average molecular weight is 276 g/mol. The second-order valence-corrected chi connectivity index (χ2v) is 6.91. The molecule has 0 aromatic heterocycles. The monoisotopic (exact) mass is 276 g/mol. The minimum atomic E-state index is 0.891. The van der Waals surface area contributed by atoms with E-state index in [1.807, 2.05) is 11.8 Å². The standard InChI is InChI=1S/C16H24N2S/c1-2-4-16(5-3-1)19-11-9-17-12-14-8-10-18(13-14)15-6-7-15/h1-5,14-15,17H,6-13H2. The number of nitrogens with one attached hydrogen (secondary N) is 1. The zero-order valence-corrected chi connectivity index (χ0v) is 12.4. The van der Waals surface area contributed by atoms with Gasteiger partial charge in [-0.2, -0.15) is 0 Å². The predicted octanol–water partition coefficient (Wildman–Crippen LogP) is 2.85. The molecule has 1 saturated carbocycles. The van der Waals surface area contributed by atoms with E-state index in [1.165, 1.54) is 49.5 Å². The average Bonchev–Trinajstić information content (AvgIpc) is 3.20. The van der Waals surface area contributed by atoms with Crippen LogP contribution < -0.4 is 5.32 Å². The Hall–Kier alpha value is -0.510. The largest absolute Gasteiger partial charge is 0.316 e. The Bertz CT molecular complexity index is 378. The first-order valence-corrected chi connectivity index (χ1v) is 8.53. The number of hydrogen-bond acceptors (Lipinski definition) is 3. The highest BCUT2D eigenvalue weighted by Crippen LogP contribution is 2.31. The van der Waals surface area contributed by atoms with Crippen molar-refractivity contribution in [2.75, 3.05) is 31.9 Å². The van der Waals surface area contributed by atoms with Gasteiger partial charge in [0.05, 0.1) is 0 Å². The van der Waals surface area contributed by atoms with E-state index in [-0.39, 0.29) is 0 Å². The molecule has 1 aromatic carbocycles. The quantitative estimate of drug-likeness (QED) is 0.609. The van der Waals surface area contributed by atoms with Crippen LogP contribution in [0.5, 0.6) is 0 Å². The van der Waals surface area contributed by atoms with E-state index < -0.39 is 0 Å². The molecule has 2 fully saturated rings. The fourth-order valence-electron chi connectivity index (χ4n) is 2.86. The maximum atomic E-state index is 3.63. The van der Waals surface area contributed by atoms with Crippen molar-refractivity contribution in [3.05, 3.63) is 30.3 Å². The highest BCUT2D eigenvalue weighted by molar-refractivity contribution is 7.99. The van der Waals surface area contributed by atoms with E-state index in [1.54, 1.807) is 0 Å². The Morgan fingerprint density at radius 3 is 2.79 bits per heavy atom. The van der Waals surface area contributed by atoms with Crippen molar-refractivity contribution < 1.29 is 0 Å². The summed E-state index contributed by atoms with van der Waals surface area (Å²) < 4.78 is 0. The van der Waals surface area contributed by atoms with E-state index in [0.29, 0.717) is 0 Å². The zero-order chi connectivity index (χ0) is 12.9. The lowest BCUT2D eigenvalue weighted by atomic mass is 10.1. The second kappa shape index (κ2) is 6.78. The number of thioether (sulfide) groups is 1. The van der Waals surface area contributed by atoms with Crippen LogP contribution in [0.15, 0.2) is 35.2 Å². The number of likely N-dealkylation sites (tertiary alicyclic amines) is 1. The van der Waals surface area contributed by atoms with Crippen LogP contribution in [0.1, 0.15) is 19.3 Å². The summed E-state index contributed by atoms with van der Waals surface area (Å²) in [7, 11) is 0. The zero-order valence-electron chi connectivity index (χ0n) is 11.6. The van der Waals surface area contributed by atoms with Crippen LogP contribution in [0, 0.1) is 5.92 Å².